The first kappa shape index (κ1) is 20.2. The van der Waals surface area contributed by atoms with Gasteiger partial charge in [-0.25, -0.2) is 0 Å². The second-order valence-electron chi connectivity index (χ2n) is 7.22. The van der Waals surface area contributed by atoms with E-state index >= 15 is 0 Å². The summed E-state index contributed by atoms with van der Waals surface area (Å²) < 4.78 is 17.6. The maximum atomic E-state index is 6.02. The summed E-state index contributed by atoms with van der Waals surface area (Å²) in [5.41, 5.74) is 2.46. The second kappa shape index (κ2) is 9.61. The molecular formula is C25H30O3. The van der Waals surface area contributed by atoms with Crippen LogP contribution in [0.4, 0.5) is 0 Å². The quantitative estimate of drug-likeness (QED) is 0.315. The molecule has 0 radical (unpaired) electrons. The van der Waals surface area contributed by atoms with Crippen molar-refractivity contribution < 1.29 is 14.2 Å². The molecule has 28 heavy (non-hydrogen) atoms. The van der Waals surface area contributed by atoms with Crippen molar-refractivity contribution in [2.24, 2.45) is 0 Å². The monoisotopic (exact) mass is 378 g/mol. The lowest BCUT2D eigenvalue weighted by Gasteiger charge is -2.17. The van der Waals surface area contributed by atoms with Crippen molar-refractivity contribution >= 4 is 10.8 Å². The third-order valence-electron chi connectivity index (χ3n) is 5.12. The molecule has 3 aromatic rings. The Labute approximate surface area is 168 Å². The summed E-state index contributed by atoms with van der Waals surface area (Å²) in [6, 6.07) is 20.8. The van der Waals surface area contributed by atoms with E-state index in [1.165, 1.54) is 10.9 Å². The third-order valence-corrected chi connectivity index (χ3v) is 5.12. The van der Waals surface area contributed by atoms with Crippen LogP contribution in [0.5, 0.6) is 11.5 Å². The normalized spacial score (nSPS) is 13.3. The summed E-state index contributed by atoms with van der Waals surface area (Å²) in [7, 11) is 0. The van der Waals surface area contributed by atoms with Crippen LogP contribution < -0.4 is 9.47 Å². The molecule has 3 rings (SSSR count). The Morgan fingerprint density at radius 1 is 0.857 bits per heavy atom. The van der Waals surface area contributed by atoms with Crippen LogP contribution in [0.1, 0.15) is 44.2 Å². The van der Waals surface area contributed by atoms with Crippen LogP contribution in [0, 0.1) is 6.92 Å². The highest BCUT2D eigenvalue weighted by molar-refractivity contribution is 5.89. The van der Waals surface area contributed by atoms with Crippen LogP contribution in [0.15, 0.2) is 60.7 Å². The zero-order valence-corrected chi connectivity index (χ0v) is 17.3. The molecule has 3 heteroatoms. The summed E-state index contributed by atoms with van der Waals surface area (Å²) in [6.45, 7) is 9.36. The molecule has 0 heterocycles. The van der Waals surface area contributed by atoms with Crippen LogP contribution in [-0.4, -0.2) is 19.5 Å². The van der Waals surface area contributed by atoms with E-state index in [1.54, 1.807) is 0 Å². The number of rotatable bonds is 9. The number of fused-ring (bicyclic) bond motifs is 1. The van der Waals surface area contributed by atoms with Crippen LogP contribution in [-0.2, 0) is 4.74 Å². The number of hydrogen-bond donors (Lipinski definition) is 0. The van der Waals surface area contributed by atoms with E-state index in [1.807, 2.05) is 31.2 Å². The van der Waals surface area contributed by atoms with Crippen molar-refractivity contribution in [2.45, 2.75) is 46.3 Å². The van der Waals surface area contributed by atoms with Gasteiger partial charge in [0.1, 0.15) is 18.1 Å². The minimum atomic E-state index is -0.327. The number of hydrogen-bond acceptors (Lipinski definition) is 3. The highest BCUT2D eigenvalue weighted by atomic mass is 16.7. The Hall–Kier alpha value is -2.52. The summed E-state index contributed by atoms with van der Waals surface area (Å²) in [4.78, 5) is 0. The van der Waals surface area contributed by atoms with Crippen molar-refractivity contribution in [3.05, 3.63) is 71.8 Å². The highest BCUT2D eigenvalue weighted by Gasteiger charge is 2.08. The molecule has 0 amide bonds. The van der Waals surface area contributed by atoms with E-state index in [2.05, 4.69) is 57.2 Å². The first-order valence-electron chi connectivity index (χ1n) is 10.1. The molecule has 2 atom stereocenters. The zero-order valence-electron chi connectivity index (χ0n) is 17.3. The van der Waals surface area contributed by atoms with Crippen molar-refractivity contribution in [3.63, 3.8) is 0 Å². The Kier molecular flexibility index (Phi) is 6.94. The lowest BCUT2D eigenvalue weighted by molar-refractivity contribution is -0.0738. The summed E-state index contributed by atoms with van der Waals surface area (Å²) in [5.74, 6) is 2.32. The molecule has 0 aliphatic heterocycles. The summed E-state index contributed by atoms with van der Waals surface area (Å²) >= 11 is 0. The Balaban J connectivity index is 1.48. The SMILES string of the molecule is CCC(C)c1ccc(OC(C)OCCOc2c(C)ccc3ccccc23)cc1. The predicted octanol–water partition coefficient (Wildman–Crippen LogP) is 6.48. The predicted molar refractivity (Wildman–Crippen MR) is 115 cm³/mol. The molecule has 0 bridgehead atoms. The van der Waals surface area contributed by atoms with Gasteiger partial charge in [0.05, 0.1) is 6.61 Å². The van der Waals surface area contributed by atoms with Gasteiger partial charge in [-0.1, -0.05) is 62.4 Å². The Morgan fingerprint density at radius 3 is 2.36 bits per heavy atom. The molecule has 3 nitrogen and oxygen atoms in total. The van der Waals surface area contributed by atoms with Gasteiger partial charge in [-0.2, -0.15) is 0 Å². The molecular weight excluding hydrogens is 348 g/mol. The third kappa shape index (κ3) is 5.05. The molecule has 0 fully saturated rings. The van der Waals surface area contributed by atoms with Crippen LogP contribution in [0.3, 0.4) is 0 Å². The molecule has 0 N–H and O–H groups in total. The van der Waals surface area contributed by atoms with Gasteiger partial charge in [-0.15, -0.1) is 0 Å². The van der Waals surface area contributed by atoms with Crippen molar-refractivity contribution in [2.75, 3.05) is 13.2 Å². The molecule has 0 aliphatic rings. The molecule has 0 aliphatic carbocycles. The van der Waals surface area contributed by atoms with Gasteiger partial charge < -0.3 is 14.2 Å². The van der Waals surface area contributed by atoms with Crippen LogP contribution in [0.2, 0.25) is 0 Å². The number of ether oxygens (including phenoxy) is 3. The average molecular weight is 379 g/mol. The van der Waals surface area contributed by atoms with Gasteiger partial charge in [0.2, 0.25) is 0 Å². The Morgan fingerprint density at radius 2 is 1.61 bits per heavy atom. The van der Waals surface area contributed by atoms with Gasteiger partial charge in [-0.3, -0.25) is 0 Å². The average Bonchev–Trinajstić information content (AvgIpc) is 2.72. The fourth-order valence-corrected chi connectivity index (χ4v) is 3.24. The van der Waals surface area contributed by atoms with E-state index in [9.17, 15) is 0 Å². The molecule has 0 saturated heterocycles. The highest BCUT2D eigenvalue weighted by Crippen LogP contribution is 2.29. The Bertz CT molecular complexity index is 886. The topological polar surface area (TPSA) is 27.7 Å². The van der Waals surface area contributed by atoms with E-state index < -0.39 is 0 Å². The first-order chi connectivity index (χ1) is 13.6. The maximum Gasteiger partial charge on any atom is 0.197 e. The van der Waals surface area contributed by atoms with Crippen LogP contribution in [0.25, 0.3) is 10.8 Å². The summed E-state index contributed by atoms with van der Waals surface area (Å²) in [6.07, 6.45) is 0.808. The fourth-order valence-electron chi connectivity index (χ4n) is 3.24. The minimum absolute atomic E-state index is 0.327. The second-order valence-corrected chi connectivity index (χ2v) is 7.22. The van der Waals surface area contributed by atoms with Crippen molar-refractivity contribution in [1.82, 2.24) is 0 Å². The lowest BCUT2D eigenvalue weighted by atomic mass is 9.99. The van der Waals surface area contributed by atoms with Crippen molar-refractivity contribution in [1.29, 1.82) is 0 Å². The minimum Gasteiger partial charge on any atom is -0.490 e. The largest absolute Gasteiger partial charge is 0.490 e. The first-order valence-corrected chi connectivity index (χ1v) is 10.1. The summed E-state index contributed by atoms with van der Waals surface area (Å²) in [5, 5.41) is 2.31. The van der Waals surface area contributed by atoms with Gasteiger partial charge >= 0.3 is 0 Å². The maximum absolute atomic E-state index is 6.02. The molecule has 0 aromatic heterocycles. The number of aryl methyl sites for hydroxylation is 1. The van der Waals surface area contributed by atoms with Gasteiger partial charge in [-0.05, 0) is 54.8 Å². The van der Waals surface area contributed by atoms with Crippen molar-refractivity contribution in [3.8, 4) is 11.5 Å². The molecule has 2 unspecified atom stereocenters. The zero-order chi connectivity index (χ0) is 19.9. The smallest absolute Gasteiger partial charge is 0.197 e. The lowest BCUT2D eigenvalue weighted by Crippen LogP contribution is -2.20. The van der Waals surface area contributed by atoms with Gasteiger partial charge in [0.15, 0.2) is 6.29 Å². The van der Waals surface area contributed by atoms with Gasteiger partial charge in [0.25, 0.3) is 0 Å². The van der Waals surface area contributed by atoms with E-state index in [0.717, 1.165) is 28.9 Å². The van der Waals surface area contributed by atoms with Crippen LogP contribution >= 0.6 is 0 Å². The van der Waals surface area contributed by atoms with E-state index in [0.29, 0.717) is 19.1 Å². The van der Waals surface area contributed by atoms with Gasteiger partial charge in [0, 0.05) is 5.39 Å². The molecule has 0 spiro atoms. The standard InChI is InChI=1S/C25H30O3/c1-5-18(2)21-12-14-23(15-13-21)28-20(4)26-16-17-27-25-19(3)10-11-22-8-6-7-9-24(22)25/h6-15,18,20H,5,16-17H2,1-4H3. The number of benzene rings is 3. The van der Waals surface area contributed by atoms with E-state index in [-0.39, 0.29) is 6.29 Å². The van der Waals surface area contributed by atoms with E-state index in [4.69, 9.17) is 14.2 Å². The molecule has 3 aromatic carbocycles. The fraction of sp³-hybridized carbons (Fsp3) is 0.360. The molecule has 0 saturated carbocycles. The molecule has 148 valence electrons.